The number of hydrogen-bond donors (Lipinski definition) is 2. The highest BCUT2D eigenvalue weighted by atomic mass is 16.6. The zero-order chi connectivity index (χ0) is 24.5. The van der Waals surface area contributed by atoms with Gasteiger partial charge in [0.2, 0.25) is 5.91 Å². The van der Waals surface area contributed by atoms with E-state index in [1.807, 2.05) is 0 Å². The summed E-state index contributed by atoms with van der Waals surface area (Å²) in [7, 11) is 0. The van der Waals surface area contributed by atoms with E-state index in [1.165, 1.54) is 55.5 Å². The maximum Gasteiger partial charge on any atom is 0.308 e. The van der Waals surface area contributed by atoms with E-state index >= 15 is 0 Å². The molecule has 0 heterocycles. The van der Waals surface area contributed by atoms with Gasteiger partial charge in [0.25, 0.3) is 11.6 Å². The average Bonchev–Trinajstić information content (AvgIpc) is 2.75. The number of non-ortho nitro benzene ring substituents is 1. The van der Waals surface area contributed by atoms with Crippen molar-refractivity contribution in [2.24, 2.45) is 5.73 Å². The number of primary amides is 1. The molecule has 0 fully saturated rings. The number of nitrogens with two attached hydrogens (primary N) is 1. The first kappa shape index (κ1) is 25.0. The highest BCUT2D eigenvalue weighted by molar-refractivity contribution is 5.98. The second-order valence-electron chi connectivity index (χ2n) is 6.94. The summed E-state index contributed by atoms with van der Waals surface area (Å²) in [5.41, 5.74) is 5.81. The van der Waals surface area contributed by atoms with Gasteiger partial charge < -0.3 is 20.5 Å². The molecule has 0 spiro atoms. The first-order chi connectivity index (χ1) is 15.6. The quantitative estimate of drug-likeness (QED) is 0.236. The highest BCUT2D eigenvalue weighted by Gasteiger charge is 2.32. The van der Waals surface area contributed by atoms with Gasteiger partial charge in [-0.1, -0.05) is 18.2 Å². The molecule has 2 aromatic rings. The number of amides is 2. The lowest BCUT2D eigenvalue weighted by atomic mass is 9.87. The molecule has 0 aliphatic heterocycles. The van der Waals surface area contributed by atoms with Crippen LogP contribution in [0.25, 0.3) is 0 Å². The molecule has 0 aromatic heterocycles. The van der Waals surface area contributed by atoms with Gasteiger partial charge in [0.05, 0.1) is 18.0 Å². The Labute approximate surface area is 189 Å². The van der Waals surface area contributed by atoms with Crippen LogP contribution >= 0.6 is 0 Å². The van der Waals surface area contributed by atoms with Crippen molar-refractivity contribution in [2.45, 2.75) is 32.2 Å². The number of benzene rings is 2. The predicted octanol–water partition coefficient (Wildman–Crippen LogP) is 1.84. The van der Waals surface area contributed by atoms with Crippen LogP contribution in [0.15, 0.2) is 48.5 Å². The fourth-order valence-corrected chi connectivity index (χ4v) is 3.13. The summed E-state index contributed by atoms with van der Waals surface area (Å²) in [6, 6.07) is 9.56. The third-order valence-corrected chi connectivity index (χ3v) is 4.58. The molecule has 0 unspecified atom stereocenters. The maximum atomic E-state index is 12.8. The molecule has 0 radical (unpaired) electrons. The summed E-state index contributed by atoms with van der Waals surface area (Å²) >= 11 is 0. The molecule has 11 nitrogen and oxygen atoms in total. The van der Waals surface area contributed by atoms with Crippen molar-refractivity contribution in [2.75, 3.05) is 6.61 Å². The molecule has 0 aliphatic carbocycles. The molecule has 2 amide bonds. The van der Waals surface area contributed by atoms with Crippen molar-refractivity contribution in [3.05, 3.63) is 69.8 Å². The molecular formula is C22H23N3O8. The van der Waals surface area contributed by atoms with Crippen LogP contribution in [0, 0.1) is 10.1 Å². The van der Waals surface area contributed by atoms with E-state index in [2.05, 4.69) is 5.32 Å². The zero-order valence-corrected chi connectivity index (χ0v) is 18.0. The van der Waals surface area contributed by atoms with E-state index in [1.54, 1.807) is 6.92 Å². The normalized spacial score (nSPS) is 12.2. The molecule has 0 aliphatic rings. The van der Waals surface area contributed by atoms with Gasteiger partial charge in [-0.3, -0.25) is 29.3 Å². The number of hydrogen-bond acceptors (Lipinski definition) is 8. The third-order valence-electron chi connectivity index (χ3n) is 4.58. The van der Waals surface area contributed by atoms with E-state index in [0.29, 0.717) is 5.56 Å². The van der Waals surface area contributed by atoms with Crippen molar-refractivity contribution < 1.29 is 33.6 Å². The number of nitro groups is 1. The van der Waals surface area contributed by atoms with Gasteiger partial charge >= 0.3 is 11.9 Å². The van der Waals surface area contributed by atoms with Crippen LogP contribution in [-0.2, 0) is 19.1 Å². The Bertz CT molecular complexity index is 1050. The molecule has 33 heavy (non-hydrogen) atoms. The topological polar surface area (TPSA) is 168 Å². The lowest BCUT2D eigenvalue weighted by molar-refractivity contribution is -0.384. The molecule has 11 heteroatoms. The Kier molecular flexibility index (Phi) is 8.61. The van der Waals surface area contributed by atoms with Crippen LogP contribution in [0.1, 0.15) is 42.1 Å². The summed E-state index contributed by atoms with van der Waals surface area (Å²) in [5.74, 6) is -3.67. The molecule has 0 bridgehead atoms. The Morgan fingerprint density at radius 2 is 1.79 bits per heavy atom. The largest absolute Gasteiger partial charge is 0.466 e. The maximum absolute atomic E-state index is 12.8. The van der Waals surface area contributed by atoms with Crippen molar-refractivity contribution in [1.29, 1.82) is 0 Å². The minimum atomic E-state index is -1.35. The van der Waals surface area contributed by atoms with E-state index < -0.39 is 40.6 Å². The first-order valence-electron chi connectivity index (χ1n) is 9.91. The number of ether oxygens (including phenoxy) is 2. The minimum Gasteiger partial charge on any atom is -0.466 e. The lowest BCUT2D eigenvalue weighted by Crippen LogP contribution is -2.48. The number of carbonyl (C=O) groups is 4. The molecule has 174 valence electrons. The number of carbonyl (C=O) groups excluding carboxylic acids is 4. The molecule has 2 atom stereocenters. The van der Waals surface area contributed by atoms with Crippen LogP contribution < -0.4 is 15.8 Å². The van der Waals surface area contributed by atoms with Crippen LogP contribution in [0.5, 0.6) is 5.75 Å². The molecule has 0 saturated heterocycles. The van der Waals surface area contributed by atoms with Gasteiger partial charge in [-0.05, 0) is 30.7 Å². The number of nitrogens with one attached hydrogen (secondary N) is 1. The first-order valence-corrected chi connectivity index (χ1v) is 9.91. The van der Waals surface area contributed by atoms with Crippen LogP contribution in [0.2, 0.25) is 0 Å². The lowest BCUT2D eigenvalue weighted by Gasteiger charge is -2.25. The standard InChI is InChI=1S/C22H23N3O8/c1-3-32-19(27)12-18(14-7-9-16(10-8-14)25(30)31)20(21(23)28)24-22(29)15-5-4-6-17(11-15)33-13(2)26/h4-11,18,20H,3,12H2,1-2H3,(H2,23,28)(H,24,29)/t18-,20+/m0/s1. The summed E-state index contributed by atoms with van der Waals surface area (Å²) in [4.78, 5) is 58.8. The van der Waals surface area contributed by atoms with E-state index in [0.717, 1.165) is 0 Å². The molecular weight excluding hydrogens is 434 g/mol. The predicted molar refractivity (Wildman–Crippen MR) is 115 cm³/mol. The van der Waals surface area contributed by atoms with Gasteiger partial charge in [0.1, 0.15) is 11.8 Å². The van der Waals surface area contributed by atoms with Crippen molar-refractivity contribution >= 4 is 29.4 Å². The summed E-state index contributed by atoms with van der Waals surface area (Å²) < 4.78 is 9.93. The van der Waals surface area contributed by atoms with Crippen molar-refractivity contribution in [1.82, 2.24) is 5.32 Å². The zero-order valence-electron chi connectivity index (χ0n) is 18.0. The number of nitrogens with zero attached hydrogens (tertiary/aromatic N) is 1. The second kappa shape index (κ2) is 11.4. The van der Waals surface area contributed by atoms with E-state index in [-0.39, 0.29) is 30.0 Å². The van der Waals surface area contributed by atoms with E-state index in [9.17, 15) is 29.3 Å². The fourth-order valence-electron chi connectivity index (χ4n) is 3.13. The highest BCUT2D eigenvalue weighted by Crippen LogP contribution is 2.27. The second-order valence-corrected chi connectivity index (χ2v) is 6.94. The van der Waals surface area contributed by atoms with Crippen LogP contribution in [-0.4, -0.2) is 41.3 Å². The van der Waals surface area contributed by atoms with E-state index in [4.69, 9.17) is 15.2 Å². The van der Waals surface area contributed by atoms with Gasteiger partial charge in [0.15, 0.2) is 0 Å². The number of esters is 2. The molecule has 2 rings (SSSR count). The third kappa shape index (κ3) is 7.13. The Morgan fingerprint density at radius 1 is 1.12 bits per heavy atom. The minimum absolute atomic E-state index is 0.0820. The van der Waals surface area contributed by atoms with Gasteiger partial charge in [-0.2, -0.15) is 0 Å². The smallest absolute Gasteiger partial charge is 0.308 e. The van der Waals surface area contributed by atoms with Gasteiger partial charge in [0, 0.05) is 30.5 Å². The van der Waals surface area contributed by atoms with Crippen LogP contribution in [0.4, 0.5) is 5.69 Å². The average molecular weight is 457 g/mol. The number of nitro benzene ring substituents is 1. The van der Waals surface area contributed by atoms with Gasteiger partial charge in [-0.25, -0.2) is 0 Å². The summed E-state index contributed by atoms with van der Waals surface area (Å²) in [5, 5.41) is 13.5. The monoisotopic (exact) mass is 457 g/mol. The summed E-state index contributed by atoms with van der Waals surface area (Å²) in [6.07, 6.45) is -0.312. The molecule has 0 saturated carbocycles. The Morgan fingerprint density at radius 3 is 2.33 bits per heavy atom. The van der Waals surface area contributed by atoms with Crippen LogP contribution in [0.3, 0.4) is 0 Å². The van der Waals surface area contributed by atoms with Crippen molar-refractivity contribution in [3.63, 3.8) is 0 Å². The SMILES string of the molecule is CCOC(=O)C[C@@H](c1ccc([N+](=O)[O-])cc1)[C@@H](NC(=O)c1cccc(OC(C)=O)c1)C(N)=O. The van der Waals surface area contributed by atoms with Gasteiger partial charge in [-0.15, -0.1) is 0 Å². The van der Waals surface area contributed by atoms with Crippen molar-refractivity contribution in [3.8, 4) is 5.75 Å². The summed E-state index contributed by atoms with van der Waals surface area (Å²) in [6.45, 7) is 2.92. The fraction of sp³-hybridized carbons (Fsp3) is 0.273. The number of rotatable bonds is 10. The Hall–Kier alpha value is -4.28. The molecule has 3 N–H and O–H groups in total. The molecule has 2 aromatic carbocycles. The Balaban J connectivity index is 2.37.